The smallest absolute Gasteiger partial charge is 0.224 e. The zero-order chi connectivity index (χ0) is 11.4. The van der Waals surface area contributed by atoms with Gasteiger partial charge in [0.2, 0.25) is 5.91 Å². The molecule has 3 nitrogen and oxygen atoms in total. The summed E-state index contributed by atoms with van der Waals surface area (Å²) in [5, 5.41) is 0. The molecule has 0 aromatic heterocycles. The molecule has 1 fully saturated rings. The van der Waals surface area contributed by atoms with Gasteiger partial charge in [0.15, 0.2) is 0 Å². The lowest BCUT2D eigenvalue weighted by atomic mass is 10.1. The van der Waals surface area contributed by atoms with Crippen molar-refractivity contribution in [3.63, 3.8) is 0 Å². The summed E-state index contributed by atoms with van der Waals surface area (Å²) in [4.78, 5) is 14.1. The Bertz CT molecular complexity index is 208. The number of carbonyl (C=O) groups excluding carboxylic acids is 1. The Morgan fingerprint density at radius 1 is 1.33 bits per heavy atom. The van der Waals surface area contributed by atoms with Crippen molar-refractivity contribution in [3.05, 3.63) is 0 Å². The Morgan fingerprint density at radius 3 is 2.27 bits per heavy atom. The van der Waals surface area contributed by atoms with E-state index in [9.17, 15) is 4.79 Å². The molecule has 0 aromatic rings. The first-order valence-electron chi connectivity index (χ1n) is 6.09. The summed E-state index contributed by atoms with van der Waals surface area (Å²) < 4.78 is 0. The summed E-state index contributed by atoms with van der Waals surface area (Å²) in [6.07, 6.45) is 5.35. The second-order valence-corrected chi connectivity index (χ2v) is 5.01. The van der Waals surface area contributed by atoms with Gasteiger partial charge in [-0.25, -0.2) is 0 Å². The van der Waals surface area contributed by atoms with Crippen molar-refractivity contribution in [2.75, 3.05) is 0 Å². The van der Waals surface area contributed by atoms with E-state index in [2.05, 4.69) is 18.7 Å². The van der Waals surface area contributed by atoms with Crippen molar-refractivity contribution in [1.29, 1.82) is 0 Å². The minimum absolute atomic E-state index is 0.0276. The van der Waals surface area contributed by atoms with E-state index in [0.717, 1.165) is 0 Å². The molecule has 0 radical (unpaired) electrons. The second kappa shape index (κ2) is 5.50. The summed E-state index contributed by atoms with van der Waals surface area (Å²) in [7, 11) is 0. The van der Waals surface area contributed by atoms with Crippen LogP contribution in [-0.2, 0) is 4.79 Å². The van der Waals surface area contributed by atoms with Gasteiger partial charge in [0.1, 0.15) is 0 Å². The highest BCUT2D eigenvalue weighted by Gasteiger charge is 2.28. The van der Waals surface area contributed by atoms with Crippen molar-refractivity contribution < 1.29 is 4.79 Å². The molecular formula is C12H24N2O. The summed E-state index contributed by atoms with van der Waals surface area (Å²) in [6.45, 7) is 6.08. The molecule has 1 rings (SSSR count). The Hall–Kier alpha value is -0.570. The largest absolute Gasteiger partial charge is 0.337 e. The first-order valence-corrected chi connectivity index (χ1v) is 6.09. The summed E-state index contributed by atoms with van der Waals surface area (Å²) in [5.41, 5.74) is 5.68. The second-order valence-electron chi connectivity index (χ2n) is 5.01. The van der Waals surface area contributed by atoms with Gasteiger partial charge in [-0.15, -0.1) is 0 Å². The van der Waals surface area contributed by atoms with Gasteiger partial charge in [0.05, 0.1) is 0 Å². The first kappa shape index (κ1) is 12.5. The van der Waals surface area contributed by atoms with Gasteiger partial charge in [0.25, 0.3) is 0 Å². The molecule has 1 aliphatic carbocycles. The third-order valence-electron chi connectivity index (χ3n) is 3.06. The maximum absolute atomic E-state index is 12.0. The van der Waals surface area contributed by atoms with Crippen LogP contribution in [-0.4, -0.2) is 28.9 Å². The van der Waals surface area contributed by atoms with Crippen LogP contribution in [0, 0.1) is 0 Å². The lowest BCUT2D eigenvalue weighted by Gasteiger charge is -2.33. The van der Waals surface area contributed by atoms with E-state index in [1.165, 1.54) is 25.7 Å². The molecule has 1 saturated carbocycles. The quantitative estimate of drug-likeness (QED) is 0.773. The van der Waals surface area contributed by atoms with Crippen LogP contribution in [0.4, 0.5) is 0 Å². The molecule has 0 aliphatic heterocycles. The van der Waals surface area contributed by atoms with E-state index >= 15 is 0 Å². The number of rotatable bonds is 4. The van der Waals surface area contributed by atoms with Crippen LogP contribution >= 0.6 is 0 Å². The number of hydrogen-bond acceptors (Lipinski definition) is 2. The van der Waals surface area contributed by atoms with Gasteiger partial charge < -0.3 is 10.6 Å². The van der Waals surface area contributed by atoms with Crippen LogP contribution in [0.25, 0.3) is 0 Å². The van der Waals surface area contributed by atoms with Gasteiger partial charge in [-0.1, -0.05) is 12.8 Å². The van der Waals surface area contributed by atoms with Crippen molar-refractivity contribution in [2.45, 2.75) is 71.0 Å². The highest BCUT2D eigenvalue weighted by molar-refractivity contribution is 5.77. The van der Waals surface area contributed by atoms with Crippen LogP contribution in [0.3, 0.4) is 0 Å². The molecule has 88 valence electrons. The predicted octanol–water partition coefficient (Wildman–Crippen LogP) is 1.90. The van der Waals surface area contributed by atoms with E-state index in [0.29, 0.717) is 18.5 Å². The Balaban J connectivity index is 2.60. The van der Waals surface area contributed by atoms with Crippen LogP contribution in [0.1, 0.15) is 52.9 Å². The summed E-state index contributed by atoms with van der Waals surface area (Å²) in [5.74, 6) is 0.229. The summed E-state index contributed by atoms with van der Waals surface area (Å²) in [6, 6.07) is 0.746. The molecule has 0 bridgehead atoms. The fourth-order valence-electron chi connectivity index (χ4n) is 2.48. The van der Waals surface area contributed by atoms with Crippen molar-refractivity contribution in [1.82, 2.24) is 4.90 Å². The molecule has 15 heavy (non-hydrogen) atoms. The van der Waals surface area contributed by atoms with E-state index < -0.39 is 0 Å². The minimum atomic E-state index is -0.0276. The molecule has 1 atom stereocenters. The van der Waals surface area contributed by atoms with E-state index in [1.807, 2.05) is 6.92 Å². The Labute approximate surface area is 93.0 Å². The average molecular weight is 212 g/mol. The van der Waals surface area contributed by atoms with Crippen molar-refractivity contribution in [3.8, 4) is 0 Å². The number of amides is 1. The zero-order valence-electron chi connectivity index (χ0n) is 10.2. The van der Waals surface area contributed by atoms with Crippen LogP contribution < -0.4 is 5.73 Å². The molecule has 0 aromatic carbocycles. The van der Waals surface area contributed by atoms with Crippen LogP contribution in [0.2, 0.25) is 0 Å². The number of hydrogen-bond donors (Lipinski definition) is 1. The zero-order valence-corrected chi connectivity index (χ0v) is 10.2. The molecule has 0 spiro atoms. The molecule has 0 heterocycles. The molecule has 2 N–H and O–H groups in total. The van der Waals surface area contributed by atoms with Gasteiger partial charge >= 0.3 is 0 Å². The fourth-order valence-corrected chi connectivity index (χ4v) is 2.48. The molecule has 0 saturated heterocycles. The van der Waals surface area contributed by atoms with Gasteiger partial charge in [0, 0.05) is 24.5 Å². The van der Waals surface area contributed by atoms with Gasteiger partial charge in [-0.3, -0.25) is 4.79 Å². The van der Waals surface area contributed by atoms with E-state index in [4.69, 9.17) is 5.73 Å². The first-order chi connectivity index (χ1) is 7.02. The molecule has 3 heteroatoms. The summed E-state index contributed by atoms with van der Waals surface area (Å²) >= 11 is 0. The standard InChI is InChI=1S/C12H24N2O/c1-9(2)14(11-6-4-5-7-11)12(15)8-10(3)13/h9-11H,4-8,13H2,1-3H3. The van der Waals surface area contributed by atoms with Gasteiger partial charge in [-0.2, -0.15) is 0 Å². The monoisotopic (exact) mass is 212 g/mol. The van der Waals surface area contributed by atoms with Crippen molar-refractivity contribution >= 4 is 5.91 Å². The maximum atomic E-state index is 12.0. The van der Waals surface area contributed by atoms with E-state index in [-0.39, 0.29) is 11.9 Å². The molecule has 1 unspecified atom stereocenters. The number of nitrogens with zero attached hydrogens (tertiary/aromatic N) is 1. The number of nitrogens with two attached hydrogens (primary N) is 1. The normalized spacial score (nSPS) is 19.5. The predicted molar refractivity (Wildman–Crippen MR) is 62.5 cm³/mol. The lowest BCUT2D eigenvalue weighted by molar-refractivity contribution is -0.135. The third-order valence-corrected chi connectivity index (χ3v) is 3.06. The van der Waals surface area contributed by atoms with E-state index in [1.54, 1.807) is 0 Å². The highest BCUT2D eigenvalue weighted by atomic mass is 16.2. The SMILES string of the molecule is CC(N)CC(=O)N(C(C)C)C1CCCC1. The molecule has 1 aliphatic rings. The minimum Gasteiger partial charge on any atom is -0.337 e. The average Bonchev–Trinajstić information content (AvgIpc) is 2.54. The third kappa shape index (κ3) is 3.49. The topological polar surface area (TPSA) is 46.3 Å². The molecule has 1 amide bonds. The maximum Gasteiger partial charge on any atom is 0.224 e. The van der Waals surface area contributed by atoms with Gasteiger partial charge in [-0.05, 0) is 33.6 Å². The Kier molecular flexibility index (Phi) is 4.58. The lowest BCUT2D eigenvalue weighted by Crippen LogP contribution is -2.45. The molecular weight excluding hydrogens is 188 g/mol. The van der Waals surface area contributed by atoms with Crippen LogP contribution in [0.5, 0.6) is 0 Å². The fraction of sp³-hybridized carbons (Fsp3) is 0.917. The highest BCUT2D eigenvalue weighted by Crippen LogP contribution is 2.25. The van der Waals surface area contributed by atoms with Crippen LogP contribution in [0.15, 0.2) is 0 Å². The number of carbonyl (C=O) groups is 1. The van der Waals surface area contributed by atoms with Crippen molar-refractivity contribution in [2.24, 2.45) is 5.73 Å². The Morgan fingerprint density at radius 2 is 1.87 bits per heavy atom.